The van der Waals surface area contributed by atoms with Crippen LogP contribution < -0.4 is 15.4 Å². The van der Waals surface area contributed by atoms with Gasteiger partial charge < -0.3 is 15.4 Å². The normalized spacial score (nSPS) is 10.2. The van der Waals surface area contributed by atoms with Gasteiger partial charge in [-0.2, -0.15) is 0 Å². The van der Waals surface area contributed by atoms with Gasteiger partial charge in [0.15, 0.2) is 6.61 Å². The van der Waals surface area contributed by atoms with Crippen LogP contribution >= 0.6 is 15.9 Å². The topological polar surface area (TPSA) is 67.4 Å². The molecule has 142 valence electrons. The van der Waals surface area contributed by atoms with Crippen molar-refractivity contribution in [3.63, 3.8) is 0 Å². The first-order valence-electron chi connectivity index (χ1n) is 8.35. The van der Waals surface area contributed by atoms with Crippen LogP contribution in [-0.4, -0.2) is 18.4 Å². The van der Waals surface area contributed by atoms with E-state index in [0.29, 0.717) is 11.4 Å². The van der Waals surface area contributed by atoms with Crippen molar-refractivity contribution >= 4 is 39.1 Å². The minimum Gasteiger partial charge on any atom is -0.483 e. The lowest BCUT2D eigenvalue weighted by atomic mass is 10.2. The van der Waals surface area contributed by atoms with E-state index in [0.717, 1.165) is 4.47 Å². The predicted molar refractivity (Wildman–Crippen MR) is 109 cm³/mol. The van der Waals surface area contributed by atoms with Crippen LogP contribution in [0.4, 0.5) is 15.8 Å². The van der Waals surface area contributed by atoms with Crippen molar-refractivity contribution in [2.45, 2.75) is 0 Å². The number of para-hydroxylation sites is 1. The van der Waals surface area contributed by atoms with Gasteiger partial charge in [0, 0.05) is 15.8 Å². The maximum Gasteiger partial charge on any atom is 0.262 e. The molecule has 0 bridgehead atoms. The van der Waals surface area contributed by atoms with E-state index in [1.165, 1.54) is 24.3 Å². The Morgan fingerprint density at radius 1 is 0.857 bits per heavy atom. The average Bonchev–Trinajstić information content (AvgIpc) is 2.70. The molecule has 0 saturated carbocycles. The summed E-state index contributed by atoms with van der Waals surface area (Å²) in [5.74, 6) is -0.891. The molecule has 3 aromatic carbocycles. The zero-order chi connectivity index (χ0) is 19.9. The maximum absolute atomic E-state index is 13.0. The molecule has 0 fully saturated rings. The second kappa shape index (κ2) is 9.14. The molecule has 0 aliphatic rings. The molecule has 0 atom stereocenters. The highest BCUT2D eigenvalue weighted by Crippen LogP contribution is 2.20. The van der Waals surface area contributed by atoms with Gasteiger partial charge in [0.2, 0.25) is 0 Å². The van der Waals surface area contributed by atoms with Crippen LogP contribution in [0.3, 0.4) is 0 Å². The molecule has 3 aromatic rings. The van der Waals surface area contributed by atoms with Crippen molar-refractivity contribution in [3.05, 3.63) is 88.6 Å². The molecule has 2 N–H and O–H groups in total. The molecule has 0 aliphatic carbocycles. The molecule has 2 amide bonds. The summed E-state index contributed by atoms with van der Waals surface area (Å²) in [5, 5.41) is 5.38. The third kappa shape index (κ3) is 5.40. The monoisotopic (exact) mass is 442 g/mol. The summed E-state index contributed by atoms with van der Waals surface area (Å²) in [6.45, 7) is -0.253. The Bertz CT molecular complexity index is 976. The van der Waals surface area contributed by atoms with E-state index < -0.39 is 11.7 Å². The predicted octanol–water partition coefficient (Wildman–Crippen LogP) is 4.86. The number of carbonyl (C=O) groups is 2. The van der Waals surface area contributed by atoms with Gasteiger partial charge in [-0.15, -0.1) is 0 Å². The smallest absolute Gasteiger partial charge is 0.262 e. The van der Waals surface area contributed by atoms with Crippen molar-refractivity contribution in [2.75, 3.05) is 17.2 Å². The molecule has 7 heteroatoms. The molecule has 0 radical (unpaired) electrons. The van der Waals surface area contributed by atoms with Crippen molar-refractivity contribution in [2.24, 2.45) is 0 Å². The Hall–Kier alpha value is -3.19. The summed E-state index contributed by atoms with van der Waals surface area (Å²) < 4.78 is 19.4. The second-order valence-electron chi connectivity index (χ2n) is 5.80. The van der Waals surface area contributed by atoms with Crippen LogP contribution in [0.2, 0.25) is 0 Å². The van der Waals surface area contributed by atoms with E-state index in [1.54, 1.807) is 36.4 Å². The maximum atomic E-state index is 13.0. The number of hydrogen-bond donors (Lipinski definition) is 2. The van der Waals surface area contributed by atoms with Crippen LogP contribution in [0.25, 0.3) is 0 Å². The van der Waals surface area contributed by atoms with E-state index >= 15 is 0 Å². The number of carbonyl (C=O) groups excluding carboxylic acids is 2. The third-order valence-electron chi connectivity index (χ3n) is 3.72. The minimum atomic E-state index is -0.421. The number of ether oxygens (including phenoxy) is 1. The lowest BCUT2D eigenvalue weighted by Gasteiger charge is -2.12. The fourth-order valence-electron chi connectivity index (χ4n) is 2.39. The fourth-order valence-corrected chi connectivity index (χ4v) is 2.65. The summed E-state index contributed by atoms with van der Waals surface area (Å²) in [4.78, 5) is 24.6. The van der Waals surface area contributed by atoms with Gasteiger partial charge in [0.1, 0.15) is 11.6 Å². The average molecular weight is 443 g/mol. The summed E-state index contributed by atoms with van der Waals surface area (Å²) in [7, 11) is 0. The molecule has 0 saturated heterocycles. The molecule has 28 heavy (non-hydrogen) atoms. The van der Waals surface area contributed by atoms with Gasteiger partial charge >= 0.3 is 0 Å². The van der Waals surface area contributed by atoms with Crippen LogP contribution in [0.15, 0.2) is 77.3 Å². The van der Waals surface area contributed by atoms with E-state index in [-0.39, 0.29) is 23.8 Å². The zero-order valence-corrected chi connectivity index (χ0v) is 16.2. The van der Waals surface area contributed by atoms with Crippen molar-refractivity contribution in [1.29, 1.82) is 0 Å². The molecular formula is C21H16BrFN2O3. The van der Waals surface area contributed by atoms with Gasteiger partial charge in [0.05, 0.1) is 5.56 Å². The number of anilines is 2. The van der Waals surface area contributed by atoms with Crippen LogP contribution in [0.5, 0.6) is 5.75 Å². The van der Waals surface area contributed by atoms with Gasteiger partial charge in [-0.25, -0.2) is 4.39 Å². The van der Waals surface area contributed by atoms with E-state index in [2.05, 4.69) is 26.6 Å². The molecule has 0 aliphatic heterocycles. The van der Waals surface area contributed by atoms with Gasteiger partial charge in [0.25, 0.3) is 11.8 Å². The quantitative estimate of drug-likeness (QED) is 0.572. The van der Waals surface area contributed by atoms with E-state index in [9.17, 15) is 14.0 Å². The van der Waals surface area contributed by atoms with E-state index in [4.69, 9.17) is 4.74 Å². The van der Waals surface area contributed by atoms with Crippen LogP contribution in [0, 0.1) is 5.82 Å². The summed E-state index contributed by atoms with van der Waals surface area (Å²) >= 11 is 3.33. The molecular weight excluding hydrogens is 427 g/mol. The summed E-state index contributed by atoms with van der Waals surface area (Å²) in [6.07, 6.45) is 0. The molecule has 5 nitrogen and oxygen atoms in total. The summed E-state index contributed by atoms with van der Waals surface area (Å²) in [6, 6.07) is 19.1. The SMILES string of the molecule is O=C(COc1ccccc1C(=O)Nc1ccc(F)cc1)Nc1ccc(Br)cc1. The molecule has 0 aromatic heterocycles. The minimum absolute atomic E-state index is 0.253. The van der Waals surface area contributed by atoms with Crippen molar-refractivity contribution in [1.82, 2.24) is 0 Å². The lowest BCUT2D eigenvalue weighted by molar-refractivity contribution is -0.118. The van der Waals surface area contributed by atoms with Gasteiger partial charge in [-0.05, 0) is 60.7 Å². The largest absolute Gasteiger partial charge is 0.483 e. The molecule has 0 heterocycles. The molecule has 3 rings (SSSR count). The standard InChI is InChI=1S/C21H16BrFN2O3/c22-14-5-9-16(10-6-14)24-20(26)13-28-19-4-2-1-3-18(19)21(27)25-17-11-7-15(23)8-12-17/h1-12H,13H2,(H,24,26)(H,25,27). The Labute approximate surface area is 169 Å². The Morgan fingerprint density at radius 2 is 1.46 bits per heavy atom. The molecule has 0 unspecified atom stereocenters. The highest BCUT2D eigenvalue weighted by atomic mass is 79.9. The highest BCUT2D eigenvalue weighted by Gasteiger charge is 2.14. The number of amides is 2. The highest BCUT2D eigenvalue weighted by molar-refractivity contribution is 9.10. The Kier molecular flexibility index (Phi) is 6.39. The third-order valence-corrected chi connectivity index (χ3v) is 4.25. The van der Waals surface area contributed by atoms with Crippen molar-refractivity contribution in [3.8, 4) is 5.75 Å². The lowest BCUT2D eigenvalue weighted by Crippen LogP contribution is -2.21. The van der Waals surface area contributed by atoms with E-state index in [1.807, 2.05) is 12.1 Å². The first-order valence-corrected chi connectivity index (χ1v) is 9.15. The Balaban J connectivity index is 1.63. The van der Waals surface area contributed by atoms with Crippen molar-refractivity contribution < 1.29 is 18.7 Å². The number of halogens is 2. The van der Waals surface area contributed by atoms with Crippen LogP contribution in [0.1, 0.15) is 10.4 Å². The number of hydrogen-bond acceptors (Lipinski definition) is 3. The fraction of sp³-hybridized carbons (Fsp3) is 0.0476. The van der Waals surface area contributed by atoms with Gasteiger partial charge in [-0.1, -0.05) is 28.1 Å². The van der Waals surface area contributed by atoms with Gasteiger partial charge in [-0.3, -0.25) is 9.59 Å². The second-order valence-corrected chi connectivity index (χ2v) is 6.72. The molecule has 0 spiro atoms. The van der Waals surface area contributed by atoms with Crippen LogP contribution in [-0.2, 0) is 4.79 Å². The first-order chi connectivity index (χ1) is 13.5. The zero-order valence-electron chi connectivity index (χ0n) is 14.6. The number of rotatable bonds is 6. The first kappa shape index (κ1) is 19.6. The summed E-state index contributed by atoms with van der Waals surface area (Å²) in [5.41, 5.74) is 1.36. The number of benzene rings is 3. The Morgan fingerprint density at radius 3 is 2.18 bits per heavy atom. The number of nitrogens with one attached hydrogen (secondary N) is 2.